The Morgan fingerprint density at radius 1 is 1.23 bits per heavy atom. The van der Waals surface area contributed by atoms with E-state index in [1.807, 2.05) is 24.4 Å². The van der Waals surface area contributed by atoms with Crippen molar-refractivity contribution in [3.63, 3.8) is 0 Å². The predicted octanol–water partition coefficient (Wildman–Crippen LogP) is 1.34. The topological polar surface area (TPSA) is 77.7 Å². The van der Waals surface area contributed by atoms with Crippen molar-refractivity contribution in [2.45, 2.75) is 0 Å². The van der Waals surface area contributed by atoms with E-state index in [2.05, 4.69) is 15.2 Å². The van der Waals surface area contributed by atoms with Crippen LogP contribution >= 0.6 is 0 Å². The lowest BCUT2D eigenvalue weighted by Gasteiger charge is -2.05. The van der Waals surface area contributed by atoms with E-state index >= 15 is 0 Å². The third-order valence-corrected chi connectivity index (χ3v) is 3.86. The Hall–Kier alpha value is -3.09. The van der Waals surface area contributed by atoms with E-state index in [-0.39, 0.29) is 5.69 Å². The van der Waals surface area contributed by atoms with E-state index in [1.165, 1.54) is 16.4 Å². The molecule has 0 saturated heterocycles. The van der Waals surface area contributed by atoms with Gasteiger partial charge in [-0.3, -0.25) is 14.6 Å². The van der Waals surface area contributed by atoms with E-state index in [0.717, 1.165) is 27.5 Å². The van der Waals surface area contributed by atoms with Crippen LogP contribution in [0.15, 0.2) is 41.6 Å². The SMILES string of the molecule is COn1c(=O)n(C)c2cnc3ccc(-c4cn[nH]c4)cc3c21. The Balaban J connectivity index is 2.16. The van der Waals surface area contributed by atoms with Gasteiger partial charge in [0.15, 0.2) is 0 Å². The largest absolute Gasteiger partial charge is 0.412 e. The summed E-state index contributed by atoms with van der Waals surface area (Å²) in [4.78, 5) is 21.9. The summed E-state index contributed by atoms with van der Waals surface area (Å²) in [6.07, 6.45) is 5.26. The minimum absolute atomic E-state index is 0.236. The molecule has 0 aliphatic carbocycles. The Labute approximate surface area is 124 Å². The predicted molar refractivity (Wildman–Crippen MR) is 82.6 cm³/mol. The van der Waals surface area contributed by atoms with Crippen LogP contribution in [0.2, 0.25) is 0 Å². The lowest BCUT2D eigenvalue weighted by atomic mass is 10.1. The first-order chi connectivity index (χ1) is 10.7. The standard InChI is InChI=1S/C15H13N5O2/c1-19-13-8-16-12-4-3-9(10-6-17-18-7-10)5-11(12)14(13)20(22-2)15(19)21/h3-8H,1-2H3,(H,17,18). The first-order valence-corrected chi connectivity index (χ1v) is 6.74. The zero-order valence-corrected chi connectivity index (χ0v) is 12.1. The molecule has 110 valence electrons. The van der Waals surface area contributed by atoms with Crippen LogP contribution in [-0.4, -0.2) is 31.6 Å². The van der Waals surface area contributed by atoms with Crippen molar-refractivity contribution in [1.82, 2.24) is 24.5 Å². The van der Waals surface area contributed by atoms with Crippen molar-refractivity contribution in [1.29, 1.82) is 0 Å². The van der Waals surface area contributed by atoms with Crippen LogP contribution in [-0.2, 0) is 7.05 Å². The van der Waals surface area contributed by atoms with Crippen molar-refractivity contribution >= 4 is 21.9 Å². The molecule has 4 aromatic rings. The molecule has 0 saturated carbocycles. The lowest BCUT2D eigenvalue weighted by molar-refractivity contribution is 0.167. The summed E-state index contributed by atoms with van der Waals surface area (Å²) in [7, 11) is 3.18. The van der Waals surface area contributed by atoms with Gasteiger partial charge in [-0.15, -0.1) is 4.73 Å². The number of benzene rings is 1. The number of H-pyrrole nitrogens is 1. The number of aryl methyl sites for hydroxylation is 1. The number of nitrogens with zero attached hydrogens (tertiary/aromatic N) is 4. The first kappa shape index (κ1) is 12.6. The highest BCUT2D eigenvalue weighted by molar-refractivity contribution is 6.03. The molecule has 0 aliphatic heterocycles. The van der Waals surface area contributed by atoms with Crippen molar-refractivity contribution in [2.75, 3.05) is 7.11 Å². The molecule has 3 aromatic heterocycles. The van der Waals surface area contributed by atoms with Crippen LogP contribution in [0.3, 0.4) is 0 Å². The number of hydrogen-bond donors (Lipinski definition) is 1. The van der Waals surface area contributed by atoms with Gasteiger partial charge < -0.3 is 4.84 Å². The number of pyridine rings is 1. The van der Waals surface area contributed by atoms with Crippen LogP contribution in [0.4, 0.5) is 0 Å². The quantitative estimate of drug-likeness (QED) is 0.605. The third-order valence-electron chi connectivity index (χ3n) is 3.86. The van der Waals surface area contributed by atoms with Gasteiger partial charge in [-0.1, -0.05) is 6.07 Å². The Morgan fingerprint density at radius 2 is 2.09 bits per heavy atom. The molecular formula is C15H13N5O2. The molecule has 0 atom stereocenters. The maximum Gasteiger partial charge on any atom is 0.361 e. The number of aromatic nitrogens is 5. The molecule has 0 unspecified atom stereocenters. The molecule has 1 aromatic carbocycles. The van der Waals surface area contributed by atoms with Crippen LogP contribution in [0.25, 0.3) is 33.1 Å². The van der Waals surface area contributed by atoms with Crippen molar-refractivity contribution in [3.8, 4) is 11.1 Å². The number of hydrogen-bond acceptors (Lipinski definition) is 4. The fraction of sp³-hybridized carbons (Fsp3) is 0.133. The van der Waals surface area contributed by atoms with Crippen molar-refractivity contribution < 1.29 is 4.84 Å². The van der Waals surface area contributed by atoms with E-state index in [0.29, 0.717) is 5.52 Å². The summed E-state index contributed by atoms with van der Waals surface area (Å²) in [5, 5.41) is 7.63. The molecule has 7 heteroatoms. The maximum atomic E-state index is 12.2. The zero-order valence-electron chi connectivity index (χ0n) is 12.1. The third kappa shape index (κ3) is 1.59. The highest BCUT2D eigenvalue weighted by Gasteiger charge is 2.15. The average molecular weight is 295 g/mol. The maximum absolute atomic E-state index is 12.2. The van der Waals surface area contributed by atoms with E-state index in [1.54, 1.807) is 19.4 Å². The Kier molecular flexibility index (Phi) is 2.56. The average Bonchev–Trinajstić information content (AvgIpc) is 3.15. The van der Waals surface area contributed by atoms with Gasteiger partial charge in [0.2, 0.25) is 0 Å². The van der Waals surface area contributed by atoms with E-state index in [9.17, 15) is 4.79 Å². The summed E-state index contributed by atoms with van der Waals surface area (Å²) in [5.74, 6) is 0. The minimum atomic E-state index is -0.236. The van der Waals surface area contributed by atoms with Gasteiger partial charge >= 0.3 is 5.69 Å². The van der Waals surface area contributed by atoms with Gasteiger partial charge in [-0.25, -0.2) is 4.79 Å². The Bertz CT molecular complexity index is 1040. The normalized spacial score (nSPS) is 11.4. The summed E-state index contributed by atoms with van der Waals surface area (Å²) in [5.41, 5.74) is 3.97. The van der Waals surface area contributed by atoms with Crippen LogP contribution in [0, 0.1) is 0 Å². The lowest BCUT2D eigenvalue weighted by Crippen LogP contribution is -2.25. The van der Waals surface area contributed by atoms with Crippen molar-refractivity contribution in [3.05, 3.63) is 47.3 Å². The smallest absolute Gasteiger partial charge is 0.361 e. The van der Waals surface area contributed by atoms with Gasteiger partial charge in [0.05, 0.1) is 23.4 Å². The van der Waals surface area contributed by atoms with Gasteiger partial charge in [0.25, 0.3) is 0 Å². The molecule has 0 radical (unpaired) electrons. The first-order valence-electron chi connectivity index (χ1n) is 6.74. The summed E-state index contributed by atoms with van der Waals surface area (Å²) >= 11 is 0. The van der Waals surface area contributed by atoms with E-state index < -0.39 is 0 Å². The van der Waals surface area contributed by atoms with Gasteiger partial charge in [-0.2, -0.15) is 5.10 Å². The highest BCUT2D eigenvalue weighted by Crippen LogP contribution is 2.27. The molecule has 7 nitrogen and oxygen atoms in total. The molecule has 0 bridgehead atoms. The van der Waals surface area contributed by atoms with Gasteiger partial charge in [0, 0.05) is 24.2 Å². The molecule has 0 fully saturated rings. The number of nitrogens with one attached hydrogen (secondary N) is 1. The van der Waals surface area contributed by atoms with Gasteiger partial charge in [0.1, 0.15) is 12.6 Å². The monoisotopic (exact) mass is 295 g/mol. The van der Waals surface area contributed by atoms with Gasteiger partial charge in [-0.05, 0) is 17.7 Å². The zero-order chi connectivity index (χ0) is 15.3. The summed E-state index contributed by atoms with van der Waals surface area (Å²) in [6, 6.07) is 5.89. The van der Waals surface area contributed by atoms with Crippen LogP contribution < -0.4 is 10.5 Å². The molecule has 0 amide bonds. The number of aromatic amines is 1. The molecular weight excluding hydrogens is 282 g/mol. The second-order valence-electron chi connectivity index (χ2n) is 5.03. The fourth-order valence-corrected chi connectivity index (χ4v) is 2.72. The summed E-state index contributed by atoms with van der Waals surface area (Å²) < 4.78 is 2.81. The second kappa shape index (κ2) is 4.45. The molecule has 1 N–H and O–H groups in total. The molecule has 0 aliphatic rings. The van der Waals surface area contributed by atoms with Crippen LogP contribution in [0.5, 0.6) is 0 Å². The van der Waals surface area contributed by atoms with E-state index in [4.69, 9.17) is 4.84 Å². The molecule has 0 spiro atoms. The highest BCUT2D eigenvalue weighted by atomic mass is 16.7. The molecule has 3 heterocycles. The summed E-state index contributed by atoms with van der Waals surface area (Å²) in [6.45, 7) is 0. The number of imidazole rings is 1. The number of fused-ring (bicyclic) bond motifs is 3. The second-order valence-corrected chi connectivity index (χ2v) is 5.03. The molecule has 4 rings (SSSR count). The van der Waals surface area contributed by atoms with Crippen LogP contribution in [0.1, 0.15) is 0 Å². The van der Waals surface area contributed by atoms with Crippen molar-refractivity contribution in [2.24, 2.45) is 7.05 Å². The minimum Gasteiger partial charge on any atom is -0.412 e. The number of rotatable bonds is 2. The fourth-order valence-electron chi connectivity index (χ4n) is 2.72. The Morgan fingerprint density at radius 3 is 2.82 bits per heavy atom. The molecule has 22 heavy (non-hydrogen) atoms.